The van der Waals surface area contributed by atoms with E-state index in [2.05, 4.69) is 6.58 Å². The first kappa shape index (κ1) is 13.7. The number of carboxylic acids is 1. The van der Waals surface area contributed by atoms with Gasteiger partial charge in [0.15, 0.2) is 0 Å². The summed E-state index contributed by atoms with van der Waals surface area (Å²) in [5, 5.41) is 8.96. The highest BCUT2D eigenvalue weighted by Crippen LogP contribution is 2.19. The van der Waals surface area contributed by atoms with E-state index in [0.29, 0.717) is 12.8 Å². The lowest BCUT2D eigenvalue weighted by atomic mass is 9.94. The highest BCUT2D eigenvalue weighted by molar-refractivity contribution is 5.70. The lowest BCUT2D eigenvalue weighted by molar-refractivity contribution is -0.141. The van der Waals surface area contributed by atoms with Crippen LogP contribution < -0.4 is 0 Å². The van der Waals surface area contributed by atoms with Gasteiger partial charge in [-0.25, -0.2) is 0 Å². The van der Waals surface area contributed by atoms with Crippen molar-refractivity contribution in [2.45, 2.75) is 33.6 Å². The largest absolute Gasteiger partial charge is 0.481 e. The van der Waals surface area contributed by atoms with Crippen LogP contribution in [0.15, 0.2) is 36.0 Å². The summed E-state index contributed by atoms with van der Waals surface area (Å²) in [5.41, 5.74) is 2.25. The Morgan fingerprint density at radius 2 is 2.07 bits per heavy atom. The molecule has 2 nitrogen and oxygen atoms in total. The van der Waals surface area contributed by atoms with Gasteiger partial charge >= 0.3 is 5.97 Å². The molecule has 0 aromatic heterocycles. The second kappa shape index (κ2) is 7.04. The third-order valence-corrected chi connectivity index (χ3v) is 2.38. The van der Waals surface area contributed by atoms with E-state index >= 15 is 0 Å². The van der Waals surface area contributed by atoms with Gasteiger partial charge in [0, 0.05) is 0 Å². The first-order chi connectivity index (χ1) is 7.02. The Balaban J connectivity index is 4.69. The molecule has 0 bridgehead atoms. The SMILES string of the molecule is C=C/C=C\C(CC(CC)C(=O)O)=C(C)C. The van der Waals surface area contributed by atoms with E-state index in [1.54, 1.807) is 6.08 Å². The molecule has 1 N–H and O–H groups in total. The first-order valence-corrected chi connectivity index (χ1v) is 5.21. The molecule has 0 rings (SSSR count). The van der Waals surface area contributed by atoms with Crippen molar-refractivity contribution in [2.24, 2.45) is 5.92 Å². The Labute approximate surface area is 92.0 Å². The van der Waals surface area contributed by atoms with Gasteiger partial charge in [-0.05, 0) is 32.3 Å². The minimum Gasteiger partial charge on any atom is -0.481 e. The molecule has 0 aromatic carbocycles. The van der Waals surface area contributed by atoms with Gasteiger partial charge in [-0.1, -0.05) is 37.3 Å². The van der Waals surface area contributed by atoms with Crippen molar-refractivity contribution in [3.05, 3.63) is 36.0 Å². The molecule has 2 heteroatoms. The smallest absolute Gasteiger partial charge is 0.306 e. The van der Waals surface area contributed by atoms with E-state index in [0.717, 1.165) is 11.1 Å². The molecule has 1 unspecified atom stereocenters. The highest BCUT2D eigenvalue weighted by atomic mass is 16.4. The predicted molar refractivity (Wildman–Crippen MR) is 63.7 cm³/mol. The summed E-state index contributed by atoms with van der Waals surface area (Å²) in [7, 11) is 0. The van der Waals surface area contributed by atoms with Gasteiger partial charge in [-0.2, -0.15) is 0 Å². The lowest BCUT2D eigenvalue weighted by Crippen LogP contribution is -2.13. The van der Waals surface area contributed by atoms with Crippen molar-refractivity contribution < 1.29 is 9.90 Å². The molecule has 0 spiro atoms. The van der Waals surface area contributed by atoms with E-state index in [9.17, 15) is 4.79 Å². The van der Waals surface area contributed by atoms with Crippen LogP contribution in [-0.4, -0.2) is 11.1 Å². The Bertz CT molecular complexity index is 281. The maximum absolute atomic E-state index is 10.9. The summed E-state index contributed by atoms with van der Waals surface area (Å²) in [6.07, 6.45) is 6.74. The van der Waals surface area contributed by atoms with Crippen molar-refractivity contribution in [1.29, 1.82) is 0 Å². The second-order valence-corrected chi connectivity index (χ2v) is 3.77. The van der Waals surface area contributed by atoms with Crippen LogP contribution in [0.5, 0.6) is 0 Å². The van der Waals surface area contributed by atoms with Crippen LogP contribution in [-0.2, 0) is 4.79 Å². The van der Waals surface area contributed by atoms with Crippen LogP contribution in [0.2, 0.25) is 0 Å². The molecule has 0 aliphatic heterocycles. The fraction of sp³-hybridized carbons (Fsp3) is 0.462. The highest BCUT2D eigenvalue weighted by Gasteiger charge is 2.16. The molecule has 0 heterocycles. The van der Waals surface area contributed by atoms with Crippen LogP contribution in [0.3, 0.4) is 0 Å². The number of hydrogen-bond acceptors (Lipinski definition) is 1. The Kier molecular flexibility index (Phi) is 6.43. The van der Waals surface area contributed by atoms with Crippen LogP contribution in [0.1, 0.15) is 33.6 Å². The summed E-state index contributed by atoms with van der Waals surface area (Å²) in [6.45, 7) is 9.50. The summed E-state index contributed by atoms with van der Waals surface area (Å²) >= 11 is 0. The van der Waals surface area contributed by atoms with Crippen LogP contribution in [0.25, 0.3) is 0 Å². The average molecular weight is 208 g/mol. The molecule has 1 atom stereocenters. The molecular formula is C13H20O2. The van der Waals surface area contributed by atoms with Crippen molar-refractivity contribution in [3.8, 4) is 0 Å². The minimum atomic E-state index is -0.719. The Hall–Kier alpha value is -1.31. The van der Waals surface area contributed by atoms with Gasteiger partial charge in [0.2, 0.25) is 0 Å². The fourth-order valence-electron chi connectivity index (χ4n) is 1.29. The number of hydrogen-bond donors (Lipinski definition) is 1. The zero-order valence-electron chi connectivity index (χ0n) is 9.79. The van der Waals surface area contributed by atoms with Crippen molar-refractivity contribution >= 4 is 5.97 Å². The average Bonchev–Trinajstić information content (AvgIpc) is 2.17. The van der Waals surface area contributed by atoms with Crippen LogP contribution >= 0.6 is 0 Å². The normalized spacial score (nSPS) is 12.5. The molecule has 0 aliphatic rings. The van der Waals surface area contributed by atoms with Gasteiger partial charge in [0.05, 0.1) is 5.92 Å². The number of rotatable bonds is 6. The molecule has 84 valence electrons. The molecule has 0 saturated carbocycles. The Morgan fingerprint density at radius 3 is 2.40 bits per heavy atom. The third-order valence-electron chi connectivity index (χ3n) is 2.38. The van der Waals surface area contributed by atoms with Crippen molar-refractivity contribution in [2.75, 3.05) is 0 Å². The molecular weight excluding hydrogens is 188 g/mol. The molecule has 15 heavy (non-hydrogen) atoms. The topological polar surface area (TPSA) is 37.3 Å². The number of allylic oxidation sites excluding steroid dienone is 5. The summed E-state index contributed by atoms with van der Waals surface area (Å²) in [6, 6.07) is 0. The third kappa shape index (κ3) is 5.21. The zero-order valence-corrected chi connectivity index (χ0v) is 9.79. The van der Waals surface area contributed by atoms with Gasteiger partial charge in [-0.15, -0.1) is 0 Å². The van der Waals surface area contributed by atoms with E-state index in [4.69, 9.17) is 5.11 Å². The second-order valence-electron chi connectivity index (χ2n) is 3.77. The van der Waals surface area contributed by atoms with Gasteiger partial charge in [0.1, 0.15) is 0 Å². The lowest BCUT2D eigenvalue weighted by Gasteiger charge is -2.11. The molecule has 0 aliphatic carbocycles. The monoisotopic (exact) mass is 208 g/mol. The van der Waals surface area contributed by atoms with E-state index in [1.165, 1.54) is 0 Å². The fourth-order valence-corrected chi connectivity index (χ4v) is 1.29. The van der Waals surface area contributed by atoms with Crippen molar-refractivity contribution in [1.82, 2.24) is 0 Å². The van der Waals surface area contributed by atoms with Crippen molar-refractivity contribution in [3.63, 3.8) is 0 Å². The quantitative estimate of drug-likeness (QED) is 0.677. The molecule has 0 saturated heterocycles. The maximum atomic E-state index is 10.9. The molecule has 0 fully saturated rings. The van der Waals surface area contributed by atoms with Crippen LogP contribution in [0, 0.1) is 5.92 Å². The molecule has 0 amide bonds. The standard InChI is InChI=1S/C13H20O2/c1-5-7-8-12(10(3)4)9-11(6-2)13(14)15/h5,7-8,11H,1,6,9H2,2-4H3,(H,14,15)/b8-7-. The summed E-state index contributed by atoms with van der Waals surface area (Å²) in [5.74, 6) is -1.01. The number of aliphatic carboxylic acids is 1. The van der Waals surface area contributed by atoms with Crippen LogP contribution in [0.4, 0.5) is 0 Å². The Morgan fingerprint density at radius 1 is 1.47 bits per heavy atom. The summed E-state index contributed by atoms with van der Waals surface area (Å²) < 4.78 is 0. The van der Waals surface area contributed by atoms with Gasteiger partial charge < -0.3 is 5.11 Å². The van der Waals surface area contributed by atoms with Gasteiger partial charge in [-0.3, -0.25) is 4.79 Å². The van der Waals surface area contributed by atoms with E-state index < -0.39 is 5.97 Å². The zero-order chi connectivity index (χ0) is 11.8. The molecule has 0 aromatic rings. The predicted octanol–water partition coefficient (Wildman–Crippen LogP) is 3.57. The molecule has 0 radical (unpaired) electrons. The number of carboxylic acid groups (broad SMARTS) is 1. The number of carbonyl (C=O) groups is 1. The minimum absolute atomic E-state index is 0.288. The summed E-state index contributed by atoms with van der Waals surface area (Å²) in [4.78, 5) is 10.9. The van der Waals surface area contributed by atoms with E-state index in [1.807, 2.05) is 32.9 Å². The van der Waals surface area contributed by atoms with Gasteiger partial charge in [0.25, 0.3) is 0 Å². The maximum Gasteiger partial charge on any atom is 0.306 e. The first-order valence-electron chi connectivity index (χ1n) is 5.21. The van der Waals surface area contributed by atoms with E-state index in [-0.39, 0.29) is 5.92 Å².